The lowest BCUT2D eigenvalue weighted by molar-refractivity contribution is -0.117. The molecule has 1 saturated heterocycles. The molecule has 0 saturated carbocycles. The van der Waals surface area contributed by atoms with Gasteiger partial charge in [-0.3, -0.25) is 9.69 Å². The van der Waals surface area contributed by atoms with Crippen LogP contribution in [0.3, 0.4) is 0 Å². The van der Waals surface area contributed by atoms with Crippen molar-refractivity contribution in [3.05, 3.63) is 42.2 Å². The zero-order valence-electron chi connectivity index (χ0n) is 10.3. The molecule has 1 amide bonds. The third-order valence-corrected chi connectivity index (χ3v) is 3.06. The summed E-state index contributed by atoms with van der Waals surface area (Å²) in [5.74, 6) is -0.364. The summed E-state index contributed by atoms with van der Waals surface area (Å²) in [5.41, 5.74) is 1.88. The van der Waals surface area contributed by atoms with Crippen molar-refractivity contribution in [1.29, 1.82) is 0 Å². The van der Waals surface area contributed by atoms with E-state index < -0.39 is 0 Å². The van der Waals surface area contributed by atoms with E-state index in [1.807, 2.05) is 0 Å². The van der Waals surface area contributed by atoms with Crippen LogP contribution in [0.1, 0.15) is 12.8 Å². The molecule has 1 aromatic rings. The summed E-state index contributed by atoms with van der Waals surface area (Å²) in [6.45, 7) is 6.09. The van der Waals surface area contributed by atoms with E-state index in [0.717, 1.165) is 25.9 Å². The first kappa shape index (κ1) is 12.8. The van der Waals surface area contributed by atoms with Crippen molar-refractivity contribution < 1.29 is 9.18 Å². The summed E-state index contributed by atoms with van der Waals surface area (Å²) in [6, 6.07) is 5.79. The van der Waals surface area contributed by atoms with Crippen molar-refractivity contribution in [3.63, 3.8) is 0 Å². The first-order valence-corrected chi connectivity index (χ1v) is 6.08. The molecule has 0 bridgehead atoms. The van der Waals surface area contributed by atoms with Crippen molar-refractivity contribution in [2.75, 3.05) is 25.0 Å². The lowest BCUT2D eigenvalue weighted by Crippen LogP contribution is -2.37. The molecule has 0 spiro atoms. The van der Waals surface area contributed by atoms with Gasteiger partial charge in [0.25, 0.3) is 0 Å². The number of carbonyl (C=O) groups excluding carboxylic acids is 1. The van der Waals surface area contributed by atoms with Crippen LogP contribution in [0.2, 0.25) is 0 Å². The van der Waals surface area contributed by atoms with E-state index in [1.54, 1.807) is 12.1 Å². The van der Waals surface area contributed by atoms with Gasteiger partial charge in [-0.15, -0.1) is 0 Å². The highest BCUT2D eigenvalue weighted by Crippen LogP contribution is 2.14. The molecule has 96 valence electrons. The normalized spacial score (nSPS) is 16.6. The molecule has 0 aliphatic carbocycles. The number of hydrogen-bond acceptors (Lipinski definition) is 2. The Kier molecular flexibility index (Phi) is 4.10. The van der Waals surface area contributed by atoms with Crippen molar-refractivity contribution in [3.8, 4) is 0 Å². The molecule has 1 aliphatic rings. The predicted molar refractivity (Wildman–Crippen MR) is 69.8 cm³/mol. The second-order valence-corrected chi connectivity index (χ2v) is 4.58. The Hall–Kier alpha value is -1.68. The number of nitrogens with one attached hydrogen (secondary N) is 1. The van der Waals surface area contributed by atoms with Gasteiger partial charge in [-0.05, 0) is 37.1 Å². The number of nitrogens with zero attached hydrogens (tertiary/aromatic N) is 1. The molecule has 0 radical (unpaired) electrons. The van der Waals surface area contributed by atoms with Gasteiger partial charge in [0.2, 0.25) is 5.91 Å². The van der Waals surface area contributed by atoms with E-state index in [9.17, 15) is 9.18 Å². The fourth-order valence-corrected chi connectivity index (χ4v) is 1.96. The highest BCUT2D eigenvalue weighted by molar-refractivity contribution is 5.92. The Morgan fingerprint density at radius 1 is 1.28 bits per heavy atom. The molecule has 1 N–H and O–H groups in total. The molecule has 1 heterocycles. The van der Waals surface area contributed by atoms with Crippen molar-refractivity contribution >= 4 is 11.6 Å². The SMILES string of the molecule is C=C1CCN(CC(=O)Nc2ccc(F)cc2)CC1. The van der Waals surface area contributed by atoms with Gasteiger partial charge in [0.05, 0.1) is 6.54 Å². The van der Waals surface area contributed by atoms with Gasteiger partial charge in [-0.1, -0.05) is 12.2 Å². The van der Waals surface area contributed by atoms with Crippen molar-refractivity contribution in [2.45, 2.75) is 12.8 Å². The summed E-state index contributed by atoms with van der Waals surface area (Å²) >= 11 is 0. The van der Waals surface area contributed by atoms with Crippen molar-refractivity contribution in [2.24, 2.45) is 0 Å². The molecular weight excluding hydrogens is 231 g/mol. The standard InChI is InChI=1S/C14H17FN2O/c1-11-6-8-17(9-7-11)10-14(18)16-13-4-2-12(15)3-5-13/h2-5H,1,6-10H2,(H,16,18). The molecule has 2 rings (SSSR count). The third kappa shape index (κ3) is 3.67. The number of amides is 1. The summed E-state index contributed by atoms with van der Waals surface area (Å²) in [4.78, 5) is 13.9. The number of halogens is 1. The molecule has 3 nitrogen and oxygen atoms in total. The fraction of sp³-hybridized carbons (Fsp3) is 0.357. The van der Waals surface area contributed by atoms with Gasteiger partial charge >= 0.3 is 0 Å². The number of hydrogen-bond donors (Lipinski definition) is 1. The second-order valence-electron chi connectivity index (χ2n) is 4.58. The van der Waals surface area contributed by atoms with E-state index in [0.29, 0.717) is 12.2 Å². The minimum Gasteiger partial charge on any atom is -0.325 e. The van der Waals surface area contributed by atoms with E-state index in [1.165, 1.54) is 17.7 Å². The van der Waals surface area contributed by atoms with Crippen LogP contribution in [0, 0.1) is 5.82 Å². The highest BCUT2D eigenvalue weighted by Gasteiger charge is 2.15. The van der Waals surface area contributed by atoms with Gasteiger partial charge in [0, 0.05) is 18.8 Å². The Balaban J connectivity index is 1.81. The van der Waals surface area contributed by atoms with Crippen LogP contribution in [0.25, 0.3) is 0 Å². The van der Waals surface area contributed by atoms with Gasteiger partial charge in [0.1, 0.15) is 5.82 Å². The van der Waals surface area contributed by atoms with Crippen LogP contribution in [-0.2, 0) is 4.79 Å². The van der Waals surface area contributed by atoms with Crippen LogP contribution in [0.5, 0.6) is 0 Å². The number of benzene rings is 1. The van der Waals surface area contributed by atoms with Gasteiger partial charge in [0.15, 0.2) is 0 Å². The van der Waals surface area contributed by atoms with Gasteiger partial charge < -0.3 is 5.32 Å². The van der Waals surface area contributed by atoms with Gasteiger partial charge in [-0.2, -0.15) is 0 Å². The largest absolute Gasteiger partial charge is 0.325 e. The molecule has 18 heavy (non-hydrogen) atoms. The molecule has 1 aromatic carbocycles. The van der Waals surface area contributed by atoms with E-state index in [2.05, 4.69) is 16.8 Å². The number of anilines is 1. The first-order valence-electron chi connectivity index (χ1n) is 6.08. The monoisotopic (exact) mass is 248 g/mol. The average Bonchev–Trinajstić information content (AvgIpc) is 2.35. The molecule has 0 aromatic heterocycles. The summed E-state index contributed by atoms with van der Waals surface area (Å²) in [5, 5.41) is 2.76. The van der Waals surface area contributed by atoms with E-state index >= 15 is 0 Å². The average molecular weight is 248 g/mol. The van der Waals surface area contributed by atoms with E-state index in [4.69, 9.17) is 0 Å². The number of carbonyl (C=O) groups is 1. The Labute approximate surface area is 106 Å². The molecule has 1 fully saturated rings. The number of piperidine rings is 1. The van der Waals surface area contributed by atoms with Crippen LogP contribution in [-0.4, -0.2) is 30.4 Å². The van der Waals surface area contributed by atoms with Crippen LogP contribution >= 0.6 is 0 Å². The van der Waals surface area contributed by atoms with E-state index in [-0.39, 0.29) is 11.7 Å². The Morgan fingerprint density at radius 2 is 1.89 bits per heavy atom. The third-order valence-electron chi connectivity index (χ3n) is 3.06. The topological polar surface area (TPSA) is 32.3 Å². The number of likely N-dealkylation sites (tertiary alicyclic amines) is 1. The molecule has 0 atom stereocenters. The lowest BCUT2D eigenvalue weighted by Gasteiger charge is -2.27. The quantitative estimate of drug-likeness (QED) is 0.833. The first-order chi connectivity index (χ1) is 8.63. The van der Waals surface area contributed by atoms with Crippen LogP contribution < -0.4 is 5.32 Å². The molecular formula is C14H17FN2O. The molecule has 1 aliphatic heterocycles. The molecule has 0 unspecified atom stereocenters. The smallest absolute Gasteiger partial charge is 0.238 e. The highest BCUT2D eigenvalue weighted by atomic mass is 19.1. The minimum absolute atomic E-state index is 0.0610. The summed E-state index contributed by atoms with van der Waals surface area (Å²) < 4.78 is 12.7. The number of rotatable bonds is 3. The fourth-order valence-electron chi connectivity index (χ4n) is 1.96. The van der Waals surface area contributed by atoms with Crippen molar-refractivity contribution in [1.82, 2.24) is 4.90 Å². The predicted octanol–water partition coefficient (Wildman–Crippen LogP) is 2.42. The van der Waals surface area contributed by atoms with Gasteiger partial charge in [-0.25, -0.2) is 4.39 Å². The second kappa shape index (κ2) is 5.78. The zero-order chi connectivity index (χ0) is 13.0. The summed E-state index contributed by atoms with van der Waals surface area (Å²) in [6.07, 6.45) is 1.92. The van der Waals surface area contributed by atoms with Crippen LogP contribution in [0.4, 0.5) is 10.1 Å². The lowest BCUT2D eigenvalue weighted by atomic mass is 10.1. The maximum atomic E-state index is 12.7. The Bertz CT molecular complexity index is 432. The minimum atomic E-state index is -0.303. The Morgan fingerprint density at radius 3 is 2.50 bits per heavy atom. The van der Waals surface area contributed by atoms with Crippen LogP contribution in [0.15, 0.2) is 36.4 Å². The zero-order valence-corrected chi connectivity index (χ0v) is 10.3. The maximum absolute atomic E-state index is 12.7. The summed E-state index contributed by atoms with van der Waals surface area (Å²) in [7, 11) is 0. The molecule has 4 heteroatoms. The maximum Gasteiger partial charge on any atom is 0.238 e.